The molecule has 36 heavy (non-hydrogen) atoms. The van der Waals surface area contributed by atoms with Crippen LogP contribution in [0.1, 0.15) is 58.9 Å². The fraction of sp³-hybridized carbons (Fsp3) is 0.333. The average Bonchev–Trinajstić information content (AvgIpc) is 3.55. The van der Waals surface area contributed by atoms with Gasteiger partial charge in [-0.05, 0) is 43.5 Å². The van der Waals surface area contributed by atoms with Gasteiger partial charge >= 0.3 is 0 Å². The molecule has 2 unspecified atom stereocenters. The van der Waals surface area contributed by atoms with Crippen molar-refractivity contribution in [3.63, 3.8) is 0 Å². The SMILES string of the molecule is O=C(Cc1ccccn1)Nc1nnc(C2CCCC(c3nnc(NC(=O)Cc4ccccn4)s3)C2)s1. The third-order valence-corrected chi connectivity index (χ3v) is 7.88. The fourth-order valence-electron chi connectivity index (χ4n) is 4.20. The molecule has 0 saturated heterocycles. The molecule has 4 aromatic rings. The molecule has 1 aliphatic carbocycles. The average molecular weight is 521 g/mol. The first-order valence-electron chi connectivity index (χ1n) is 11.7. The van der Waals surface area contributed by atoms with Crippen LogP contribution in [0.2, 0.25) is 0 Å². The second-order valence-corrected chi connectivity index (χ2v) is 10.6. The topological polar surface area (TPSA) is 136 Å². The summed E-state index contributed by atoms with van der Waals surface area (Å²) in [5.41, 5.74) is 1.42. The Morgan fingerprint density at radius 3 is 1.69 bits per heavy atom. The maximum absolute atomic E-state index is 12.3. The molecule has 2 atom stereocenters. The summed E-state index contributed by atoms with van der Waals surface area (Å²) in [4.78, 5) is 33.0. The summed E-state index contributed by atoms with van der Waals surface area (Å²) in [7, 11) is 0. The van der Waals surface area contributed by atoms with Gasteiger partial charge in [0.25, 0.3) is 0 Å². The number of hydrogen-bond acceptors (Lipinski definition) is 10. The Hall–Kier alpha value is -3.64. The lowest BCUT2D eigenvalue weighted by atomic mass is 9.82. The molecule has 1 aliphatic rings. The molecule has 0 aromatic carbocycles. The number of carbonyl (C=O) groups is 2. The molecule has 0 bridgehead atoms. The normalized spacial score (nSPS) is 17.4. The number of aromatic nitrogens is 6. The van der Waals surface area contributed by atoms with Gasteiger partial charge in [0, 0.05) is 35.6 Å². The number of carbonyl (C=O) groups excluding carboxylic acids is 2. The summed E-state index contributed by atoms with van der Waals surface area (Å²) < 4.78 is 0. The standard InChI is InChI=1S/C24H24N8O2S2/c33-19(13-17-8-1-3-10-25-17)27-23-31-29-21(35-23)15-6-5-7-16(12-15)22-30-32-24(36-22)28-20(34)14-18-9-2-4-11-26-18/h1-4,8-11,15-16H,5-7,12-14H2,(H,27,31,33)(H,28,32,34). The predicted octanol–water partition coefficient (Wildman–Crippen LogP) is 3.98. The van der Waals surface area contributed by atoms with Gasteiger partial charge in [0.05, 0.1) is 12.8 Å². The highest BCUT2D eigenvalue weighted by atomic mass is 32.1. The van der Waals surface area contributed by atoms with E-state index >= 15 is 0 Å². The quantitative estimate of drug-likeness (QED) is 0.356. The lowest BCUT2D eigenvalue weighted by Crippen LogP contribution is -2.14. The molecule has 184 valence electrons. The molecule has 2 amide bonds. The van der Waals surface area contributed by atoms with Crippen molar-refractivity contribution >= 4 is 44.8 Å². The predicted molar refractivity (Wildman–Crippen MR) is 137 cm³/mol. The van der Waals surface area contributed by atoms with Gasteiger partial charge in [0.2, 0.25) is 22.1 Å². The van der Waals surface area contributed by atoms with Crippen LogP contribution in [0.4, 0.5) is 10.3 Å². The second kappa shape index (κ2) is 11.4. The van der Waals surface area contributed by atoms with Gasteiger partial charge in [-0.3, -0.25) is 19.6 Å². The van der Waals surface area contributed by atoms with Gasteiger partial charge in [-0.25, -0.2) is 0 Å². The van der Waals surface area contributed by atoms with Gasteiger partial charge in [-0.2, -0.15) is 0 Å². The number of anilines is 2. The van der Waals surface area contributed by atoms with Crippen molar-refractivity contribution in [3.8, 4) is 0 Å². The molecular weight excluding hydrogens is 496 g/mol. The highest BCUT2D eigenvalue weighted by Crippen LogP contribution is 2.43. The van der Waals surface area contributed by atoms with E-state index in [1.54, 1.807) is 12.4 Å². The third kappa shape index (κ3) is 6.32. The molecule has 1 fully saturated rings. The summed E-state index contributed by atoms with van der Waals surface area (Å²) in [6.07, 6.45) is 7.67. The van der Waals surface area contributed by atoms with Crippen LogP contribution in [0.3, 0.4) is 0 Å². The van der Waals surface area contributed by atoms with E-state index in [9.17, 15) is 9.59 Å². The van der Waals surface area contributed by atoms with Crippen LogP contribution in [0.5, 0.6) is 0 Å². The first-order valence-corrected chi connectivity index (χ1v) is 13.3. The van der Waals surface area contributed by atoms with E-state index in [4.69, 9.17) is 0 Å². The summed E-state index contributed by atoms with van der Waals surface area (Å²) >= 11 is 2.84. The van der Waals surface area contributed by atoms with E-state index in [0.29, 0.717) is 21.7 Å². The van der Waals surface area contributed by atoms with Gasteiger partial charge < -0.3 is 10.6 Å². The van der Waals surface area contributed by atoms with Crippen LogP contribution >= 0.6 is 22.7 Å². The van der Waals surface area contributed by atoms with Gasteiger partial charge in [-0.15, -0.1) is 20.4 Å². The number of nitrogens with zero attached hydrogens (tertiary/aromatic N) is 6. The van der Waals surface area contributed by atoms with Crippen molar-refractivity contribution in [2.45, 2.75) is 50.4 Å². The fourth-order valence-corrected chi connectivity index (χ4v) is 6.01. The van der Waals surface area contributed by atoms with E-state index in [1.807, 2.05) is 36.4 Å². The van der Waals surface area contributed by atoms with E-state index in [-0.39, 0.29) is 36.5 Å². The summed E-state index contributed by atoms with van der Waals surface area (Å²) in [6, 6.07) is 11.0. The number of hydrogen-bond donors (Lipinski definition) is 2. The van der Waals surface area contributed by atoms with Crippen LogP contribution in [0, 0.1) is 0 Å². The molecular formula is C24H24N8O2S2. The zero-order valence-corrected chi connectivity index (χ0v) is 21.0. The Morgan fingerprint density at radius 2 is 1.25 bits per heavy atom. The van der Waals surface area contributed by atoms with Crippen LogP contribution in [-0.2, 0) is 22.4 Å². The van der Waals surface area contributed by atoms with E-state index in [0.717, 1.165) is 35.7 Å². The largest absolute Gasteiger partial charge is 0.300 e. The lowest BCUT2D eigenvalue weighted by molar-refractivity contribution is -0.116. The maximum Gasteiger partial charge on any atom is 0.232 e. The van der Waals surface area contributed by atoms with E-state index in [1.165, 1.54) is 22.7 Å². The smallest absolute Gasteiger partial charge is 0.232 e. The number of rotatable bonds is 8. The lowest BCUT2D eigenvalue weighted by Gasteiger charge is -2.25. The molecule has 0 spiro atoms. The van der Waals surface area contributed by atoms with Gasteiger partial charge in [0.1, 0.15) is 10.0 Å². The molecule has 1 saturated carbocycles. The molecule has 10 nitrogen and oxygen atoms in total. The van der Waals surface area contributed by atoms with Gasteiger partial charge in [-0.1, -0.05) is 41.2 Å². The first-order chi connectivity index (χ1) is 17.6. The Morgan fingerprint density at radius 1 is 0.750 bits per heavy atom. The Bertz CT molecular complexity index is 1210. The monoisotopic (exact) mass is 520 g/mol. The summed E-state index contributed by atoms with van der Waals surface area (Å²) in [5.74, 6) is 0.163. The second-order valence-electron chi connectivity index (χ2n) is 8.54. The molecule has 0 aliphatic heterocycles. The van der Waals surface area contributed by atoms with Crippen LogP contribution in [-0.4, -0.2) is 42.2 Å². The molecule has 0 radical (unpaired) electrons. The Kier molecular flexibility index (Phi) is 7.62. The molecule has 4 aromatic heterocycles. The minimum absolute atomic E-state index is 0.163. The van der Waals surface area contributed by atoms with Crippen LogP contribution in [0.15, 0.2) is 48.8 Å². The van der Waals surface area contributed by atoms with Gasteiger partial charge in [0.15, 0.2) is 0 Å². The minimum Gasteiger partial charge on any atom is -0.300 e. The van der Waals surface area contributed by atoms with E-state index < -0.39 is 0 Å². The van der Waals surface area contributed by atoms with Crippen molar-refractivity contribution in [1.82, 2.24) is 30.4 Å². The number of pyridine rings is 2. The molecule has 5 rings (SSSR count). The Labute approximate surface area is 215 Å². The highest BCUT2D eigenvalue weighted by molar-refractivity contribution is 7.15. The Balaban J connectivity index is 1.15. The van der Waals surface area contributed by atoms with Crippen LogP contribution in [0.25, 0.3) is 0 Å². The zero-order chi connectivity index (χ0) is 24.7. The third-order valence-electron chi connectivity index (χ3n) is 5.88. The minimum atomic E-state index is -0.163. The molecule has 2 N–H and O–H groups in total. The molecule has 4 heterocycles. The van der Waals surface area contributed by atoms with E-state index in [2.05, 4.69) is 41.0 Å². The van der Waals surface area contributed by atoms with Crippen molar-refractivity contribution in [1.29, 1.82) is 0 Å². The maximum atomic E-state index is 12.3. The number of amides is 2. The number of nitrogens with one attached hydrogen (secondary N) is 2. The van der Waals surface area contributed by atoms with Crippen LogP contribution < -0.4 is 10.6 Å². The zero-order valence-electron chi connectivity index (χ0n) is 19.3. The van der Waals surface area contributed by atoms with Crippen molar-refractivity contribution < 1.29 is 9.59 Å². The highest BCUT2D eigenvalue weighted by Gasteiger charge is 2.29. The first kappa shape index (κ1) is 24.1. The van der Waals surface area contributed by atoms with Crippen molar-refractivity contribution in [2.24, 2.45) is 0 Å². The van der Waals surface area contributed by atoms with Crippen molar-refractivity contribution in [2.75, 3.05) is 10.6 Å². The molecule has 12 heteroatoms. The summed E-state index contributed by atoms with van der Waals surface area (Å²) in [6.45, 7) is 0. The van der Waals surface area contributed by atoms with Crippen molar-refractivity contribution in [3.05, 3.63) is 70.2 Å². The summed E-state index contributed by atoms with van der Waals surface area (Å²) in [5, 5.41) is 25.6.